The number of carbonyl (C=O) groups is 1. The Balaban J connectivity index is 1.22. The summed E-state index contributed by atoms with van der Waals surface area (Å²) in [4.78, 5) is 17.2. The van der Waals surface area contributed by atoms with Gasteiger partial charge in [0.15, 0.2) is 0 Å². The Hall–Kier alpha value is -2.33. The number of anilines is 1. The van der Waals surface area contributed by atoms with Crippen molar-refractivity contribution in [3.63, 3.8) is 0 Å². The van der Waals surface area contributed by atoms with Crippen LogP contribution in [0.4, 0.5) is 5.69 Å². The van der Waals surface area contributed by atoms with Crippen LogP contribution >= 0.6 is 0 Å². The first-order valence-electron chi connectivity index (χ1n) is 11.6. The smallest absolute Gasteiger partial charge is 0.227 e. The summed E-state index contributed by atoms with van der Waals surface area (Å²) in [6.07, 6.45) is 8.51. The Bertz CT molecular complexity index is 815. The fourth-order valence-electron chi connectivity index (χ4n) is 4.61. The Kier molecular flexibility index (Phi) is 7.41. The van der Waals surface area contributed by atoms with Crippen molar-refractivity contribution >= 4 is 11.6 Å². The third-order valence-electron chi connectivity index (χ3n) is 6.28. The summed E-state index contributed by atoms with van der Waals surface area (Å²) in [5, 5.41) is 0. The highest BCUT2D eigenvalue weighted by Gasteiger charge is 2.24. The lowest BCUT2D eigenvalue weighted by atomic mass is 10.1. The van der Waals surface area contributed by atoms with Gasteiger partial charge in [-0.25, -0.2) is 0 Å². The number of rotatable bonds is 9. The summed E-state index contributed by atoms with van der Waals surface area (Å²) >= 11 is 0. The van der Waals surface area contributed by atoms with Crippen molar-refractivity contribution < 1.29 is 9.53 Å². The van der Waals surface area contributed by atoms with E-state index in [2.05, 4.69) is 41.3 Å². The van der Waals surface area contributed by atoms with Crippen LogP contribution in [0, 0.1) is 0 Å². The maximum atomic E-state index is 12.7. The molecule has 0 unspecified atom stereocenters. The van der Waals surface area contributed by atoms with Gasteiger partial charge in [-0.05, 0) is 80.9 Å². The van der Waals surface area contributed by atoms with E-state index in [9.17, 15) is 4.79 Å². The summed E-state index contributed by atoms with van der Waals surface area (Å²) < 4.78 is 6.00. The molecule has 0 saturated carbocycles. The van der Waals surface area contributed by atoms with Gasteiger partial charge >= 0.3 is 0 Å². The lowest BCUT2D eigenvalue weighted by Gasteiger charge is -2.26. The molecule has 30 heavy (non-hydrogen) atoms. The number of fused-ring (bicyclic) bond motifs is 1. The molecule has 4 nitrogen and oxygen atoms in total. The zero-order chi connectivity index (χ0) is 20.6. The molecule has 0 aliphatic carbocycles. The first kappa shape index (κ1) is 20.9. The van der Waals surface area contributed by atoms with Gasteiger partial charge in [0.1, 0.15) is 5.75 Å². The maximum Gasteiger partial charge on any atom is 0.227 e. The molecule has 4 rings (SSSR count). The van der Waals surface area contributed by atoms with E-state index in [4.69, 9.17) is 4.74 Å². The van der Waals surface area contributed by atoms with E-state index >= 15 is 0 Å². The molecule has 1 saturated heterocycles. The number of piperidine rings is 1. The van der Waals surface area contributed by atoms with E-state index < -0.39 is 0 Å². The molecule has 0 N–H and O–H groups in total. The second kappa shape index (κ2) is 10.6. The van der Waals surface area contributed by atoms with Crippen LogP contribution in [0.15, 0.2) is 48.5 Å². The maximum absolute atomic E-state index is 12.7. The average Bonchev–Trinajstić information content (AvgIpc) is 3.21. The third kappa shape index (κ3) is 5.63. The number of carbonyl (C=O) groups excluding carboxylic acids is 1. The van der Waals surface area contributed by atoms with Crippen LogP contribution in [0.2, 0.25) is 0 Å². The minimum absolute atomic E-state index is 0.236. The van der Waals surface area contributed by atoms with Gasteiger partial charge in [0.2, 0.25) is 5.91 Å². The highest BCUT2D eigenvalue weighted by molar-refractivity contribution is 5.95. The van der Waals surface area contributed by atoms with Crippen LogP contribution in [-0.4, -0.2) is 43.6 Å². The number of aryl methyl sites for hydroxylation is 1. The van der Waals surface area contributed by atoms with Crippen molar-refractivity contribution in [3.8, 4) is 5.75 Å². The molecule has 2 aliphatic rings. The summed E-state index contributed by atoms with van der Waals surface area (Å²) in [5.74, 6) is 1.17. The molecule has 2 aromatic carbocycles. The van der Waals surface area contributed by atoms with E-state index in [1.54, 1.807) is 0 Å². The van der Waals surface area contributed by atoms with E-state index in [1.165, 1.54) is 43.5 Å². The Morgan fingerprint density at radius 3 is 2.60 bits per heavy atom. The van der Waals surface area contributed by atoms with Crippen molar-refractivity contribution in [2.75, 3.05) is 37.7 Å². The van der Waals surface area contributed by atoms with Crippen LogP contribution < -0.4 is 9.64 Å². The Labute approximate surface area is 180 Å². The molecule has 2 aromatic rings. The zero-order valence-electron chi connectivity index (χ0n) is 18.0. The molecule has 2 heterocycles. The molecule has 1 fully saturated rings. The van der Waals surface area contributed by atoms with Gasteiger partial charge in [-0.3, -0.25) is 4.79 Å². The third-order valence-corrected chi connectivity index (χ3v) is 6.28. The molecule has 4 heteroatoms. The Morgan fingerprint density at radius 1 is 0.933 bits per heavy atom. The minimum Gasteiger partial charge on any atom is -0.494 e. The predicted octanol–water partition coefficient (Wildman–Crippen LogP) is 4.85. The number of hydrogen-bond acceptors (Lipinski definition) is 3. The lowest BCUT2D eigenvalue weighted by Crippen LogP contribution is -2.31. The molecule has 2 aliphatic heterocycles. The minimum atomic E-state index is 0.236. The fourth-order valence-corrected chi connectivity index (χ4v) is 4.61. The van der Waals surface area contributed by atoms with Crippen molar-refractivity contribution in [2.24, 2.45) is 0 Å². The van der Waals surface area contributed by atoms with Crippen LogP contribution in [0.25, 0.3) is 0 Å². The average molecular weight is 407 g/mol. The van der Waals surface area contributed by atoms with Gasteiger partial charge in [-0.1, -0.05) is 36.8 Å². The normalized spacial score (nSPS) is 16.5. The van der Waals surface area contributed by atoms with Gasteiger partial charge in [-0.2, -0.15) is 0 Å². The summed E-state index contributed by atoms with van der Waals surface area (Å²) in [6.45, 7) is 5.17. The van der Waals surface area contributed by atoms with Crippen molar-refractivity contribution in [3.05, 3.63) is 59.7 Å². The standard InChI is InChI=1S/C26H34N2O2/c29-26(12-7-11-22-9-3-1-4-10-22)28-19-15-23-21-24(13-14-25(23)28)30-20-8-18-27-16-5-2-6-17-27/h1,3-4,9-10,13-14,21H,2,5-8,11-12,15-20H2. The van der Waals surface area contributed by atoms with Crippen LogP contribution in [0.1, 0.15) is 49.7 Å². The highest BCUT2D eigenvalue weighted by atomic mass is 16.5. The molecule has 0 radical (unpaired) electrons. The molecule has 0 bridgehead atoms. The number of hydrogen-bond donors (Lipinski definition) is 0. The summed E-state index contributed by atoms with van der Waals surface area (Å²) in [5.41, 5.74) is 3.61. The number of amides is 1. The van der Waals surface area contributed by atoms with Crippen LogP contribution in [0.5, 0.6) is 5.75 Å². The molecule has 1 amide bonds. The largest absolute Gasteiger partial charge is 0.494 e. The second-order valence-electron chi connectivity index (χ2n) is 8.53. The van der Waals surface area contributed by atoms with E-state index in [-0.39, 0.29) is 5.91 Å². The van der Waals surface area contributed by atoms with Gasteiger partial charge in [0.05, 0.1) is 6.61 Å². The number of likely N-dealkylation sites (tertiary alicyclic amines) is 1. The van der Waals surface area contributed by atoms with Gasteiger partial charge < -0.3 is 14.5 Å². The molecule has 160 valence electrons. The molecule has 0 atom stereocenters. The van der Waals surface area contributed by atoms with E-state index in [0.717, 1.165) is 56.8 Å². The van der Waals surface area contributed by atoms with E-state index in [1.807, 2.05) is 17.0 Å². The van der Waals surface area contributed by atoms with Gasteiger partial charge in [0.25, 0.3) is 0 Å². The number of benzene rings is 2. The lowest BCUT2D eigenvalue weighted by molar-refractivity contribution is -0.118. The first-order chi connectivity index (χ1) is 14.8. The van der Waals surface area contributed by atoms with Crippen molar-refractivity contribution in [1.82, 2.24) is 4.90 Å². The van der Waals surface area contributed by atoms with E-state index in [0.29, 0.717) is 6.42 Å². The summed E-state index contributed by atoms with van der Waals surface area (Å²) in [6, 6.07) is 16.6. The Morgan fingerprint density at radius 2 is 1.77 bits per heavy atom. The number of nitrogens with zero attached hydrogens (tertiary/aromatic N) is 2. The van der Waals surface area contributed by atoms with Crippen molar-refractivity contribution in [1.29, 1.82) is 0 Å². The van der Waals surface area contributed by atoms with Crippen LogP contribution in [-0.2, 0) is 17.6 Å². The monoisotopic (exact) mass is 406 g/mol. The van der Waals surface area contributed by atoms with Crippen molar-refractivity contribution in [2.45, 2.75) is 51.4 Å². The first-order valence-corrected chi connectivity index (χ1v) is 11.6. The molecular weight excluding hydrogens is 372 g/mol. The SMILES string of the molecule is O=C(CCCc1ccccc1)N1CCc2cc(OCCCN3CCCCC3)ccc21. The number of ether oxygens (including phenoxy) is 1. The quantitative estimate of drug-likeness (QED) is 0.558. The zero-order valence-corrected chi connectivity index (χ0v) is 18.0. The molecule has 0 spiro atoms. The summed E-state index contributed by atoms with van der Waals surface area (Å²) in [7, 11) is 0. The predicted molar refractivity (Wildman–Crippen MR) is 122 cm³/mol. The molecule has 0 aromatic heterocycles. The second-order valence-corrected chi connectivity index (χ2v) is 8.53. The topological polar surface area (TPSA) is 32.8 Å². The fraction of sp³-hybridized carbons (Fsp3) is 0.500. The van der Waals surface area contributed by atoms with Gasteiger partial charge in [-0.15, -0.1) is 0 Å². The van der Waals surface area contributed by atoms with Crippen LogP contribution in [0.3, 0.4) is 0 Å². The molecular formula is C26H34N2O2. The van der Waals surface area contributed by atoms with Gasteiger partial charge in [0, 0.05) is 25.2 Å². The highest BCUT2D eigenvalue weighted by Crippen LogP contribution is 2.32.